The van der Waals surface area contributed by atoms with E-state index < -0.39 is 24.5 Å². The molecule has 0 aliphatic heterocycles. The molecule has 1 atom stereocenters. The topological polar surface area (TPSA) is 71.1 Å². The van der Waals surface area contributed by atoms with Crippen LogP contribution in [-0.2, 0) is 4.79 Å². The van der Waals surface area contributed by atoms with Gasteiger partial charge < -0.3 is 10.6 Å². The van der Waals surface area contributed by atoms with Crippen LogP contribution in [0.4, 0.5) is 18.9 Å². The number of rotatable bonds is 7. The summed E-state index contributed by atoms with van der Waals surface area (Å²) in [4.78, 5) is 29.0. The van der Waals surface area contributed by atoms with Crippen molar-refractivity contribution in [2.45, 2.75) is 38.8 Å². The Morgan fingerprint density at radius 2 is 1.93 bits per heavy atom. The van der Waals surface area contributed by atoms with Gasteiger partial charge in [0.25, 0.3) is 5.91 Å². The van der Waals surface area contributed by atoms with E-state index in [1.54, 1.807) is 37.4 Å². The van der Waals surface area contributed by atoms with E-state index in [1.807, 2.05) is 12.2 Å². The average molecular weight is 393 g/mol. The van der Waals surface area contributed by atoms with E-state index >= 15 is 0 Å². The van der Waals surface area contributed by atoms with Gasteiger partial charge in [0.1, 0.15) is 6.54 Å². The molecular weight excluding hydrogens is 371 g/mol. The molecule has 0 saturated carbocycles. The van der Waals surface area contributed by atoms with E-state index in [9.17, 15) is 22.8 Å². The third kappa shape index (κ3) is 6.07. The van der Waals surface area contributed by atoms with E-state index in [4.69, 9.17) is 0 Å². The quantitative estimate of drug-likeness (QED) is 0.741. The van der Waals surface area contributed by atoms with Crippen LogP contribution in [0.1, 0.15) is 47.3 Å². The van der Waals surface area contributed by atoms with Crippen LogP contribution >= 0.6 is 0 Å². The number of hydrogen-bond donors (Lipinski definition) is 2. The minimum absolute atomic E-state index is 0.0371. The highest BCUT2D eigenvalue weighted by Crippen LogP contribution is 2.24. The number of nitrogens with one attached hydrogen (secondary N) is 2. The molecule has 150 valence electrons. The summed E-state index contributed by atoms with van der Waals surface area (Å²) in [6.45, 7) is 2.28. The lowest BCUT2D eigenvalue weighted by Gasteiger charge is -2.17. The largest absolute Gasteiger partial charge is 0.405 e. The Bertz CT molecular complexity index is 823. The van der Waals surface area contributed by atoms with Crippen molar-refractivity contribution in [3.05, 3.63) is 59.4 Å². The average Bonchev–Trinajstić information content (AvgIpc) is 2.66. The van der Waals surface area contributed by atoms with Gasteiger partial charge in [-0.3, -0.25) is 14.6 Å². The van der Waals surface area contributed by atoms with Gasteiger partial charge in [-0.15, -0.1) is 0 Å². The monoisotopic (exact) mass is 393 g/mol. The summed E-state index contributed by atoms with van der Waals surface area (Å²) >= 11 is 0. The van der Waals surface area contributed by atoms with Gasteiger partial charge in [-0.1, -0.05) is 25.5 Å². The Hall–Kier alpha value is -2.90. The molecule has 0 aliphatic carbocycles. The number of carbonyl (C=O) groups excluding carboxylic acids is 2. The Balaban J connectivity index is 2.18. The van der Waals surface area contributed by atoms with E-state index in [0.29, 0.717) is 23.4 Å². The van der Waals surface area contributed by atoms with Gasteiger partial charge in [-0.05, 0) is 43.2 Å². The molecule has 1 heterocycles. The summed E-state index contributed by atoms with van der Waals surface area (Å²) in [5.74, 6) is -1.60. The van der Waals surface area contributed by atoms with Gasteiger partial charge >= 0.3 is 6.18 Å². The maximum absolute atomic E-state index is 12.8. The van der Waals surface area contributed by atoms with Gasteiger partial charge in [0, 0.05) is 17.4 Å². The van der Waals surface area contributed by atoms with E-state index in [0.717, 1.165) is 6.42 Å². The molecule has 0 saturated heterocycles. The first-order valence-corrected chi connectivity index (χ1v) is 8.88. The summed E-state index contributed by atoms with van der Waals surface area (Å²) in [6, 6.07) is 9.70. The molecular formula is C20H22F3N3O2. The van der Waals surface area contributed by atoms with Crippen LogP contribution in [0.2, 0.25) is 0 Å². The summed E-state index contributed by atoms with van der Waals surface area (Å²) in [5, 5.41) is 4.60. The second kappa shape index (κ2) is 9.34. The molecule has 2 amide bonds. The molecule has 2 N–H and O–H groups in total. The van der Waals surface area contributed by atoms with Crippen LogP contribution in [0.15, 0.2) is 42.6 Å². The van der Waals surface area contributed by atoms with Gasteiger partial charge in [-0.25, -0.2) is 0 Å². The lowest BCUT2D eigenvalue weighted by molar-refractivity contribution is -0.123. The fraction of sp³-hybridized carbons (Fsp3) is 0.350. The number of anilines is 1. The molecule has 2 aromatic rings. The second-order valence-corrected chi connectivity index (χ2v) is 6.41. The molecule has 8 heteroatoms. The first-order valence-electron chi connectivity index (χ1n) is 8.88. The van der Waals surface area contributed by atoms with Crippen molar-refractivity contribution < 1.29 is 22.8 Å². The molecule has 28 heavy (non-hydrogen) atoms. The lowest BCUT2D eigenvalue weighted by Crippen LogP contribution is -2.33. The zero-order valence-corrected chi connectivity index (χ0v) is 15.6. The summed E-state index contributed by atoms with van der Waals surface area (Å²) < 4.78 is 36.9. The van der Waals surface area contributed by atoms with Crippen LogP contribution < -0.4 is 10.6 Å². The smallest absolute Gasteiger partial charge is 0.343 e. The minimum Gasteiger partial charge on any atom is -0.343 e. The number of carbonyl (C=O) groups is 2. The van der Waals surface area contributed by atoms with Gasteiger partial charge in [0.05, 0.1) is 11.6 Å². The van der Waals surface area contributed by atoms with Gasteiger partial charge in [-0.2, -0.15) is 13.2 Å². The van der Waals surface area contributed by atoms with E-state index in [2.05, 4.69) is 10.3 Å². The first-order chi connectivity index (χ1) is 13.2. The number of halogens is 3. The number of pyridine rings is 1. The van der Waals surface area contributed by atoms with Crippen LogP contribution in [0.3, 0.4) is 0 Å². The Morgan fingerprint density at radius 3 is 2.54 bits per heavy atom. The third-order valence-corrected chi connectivity index (χ3v) is 4.15. The first kappa shape index (κ1) is 21.4. The number of benzene rings is 1. The molecule has 1 aromatic heterocycles. The molecule has 5 nitrogen and oxygen atoms in total. The third-order valence-electron chi connectivity index (χ3n) is 4.15. The summed E-state index contributed by atoms with van der Waals surface area (Å²) in [7, 11) is 0. The number of aryl methyl sites for hydroxylation is 1. The number of aromatic nitrogens is 1. The maximum atomic E-state index is 12.8. The molecule has 1 unspecified atom stereocenters. The Morgan fingerprint density at radius 1 is 1.18 bits per heavy atom. The zero-order valence-electron chi connectivity index (χ0n) is 15.6. The zero-order chi connectivity index (χ0) is 20.7. The van der Waals surface area contributed by atoms with Crippen molar-refractivity contribution in [3.63, 3.8) is 0 Å². The van der Waals surface area contributed by atoms with Crippen LogP contribution in [0.5, 0.6) is 0 Å². The molecule has 0 radical (unpaired) electrons. The molecule has 0 aliphatic rings. The van der Waals surface area contributed by atoms with Crippen molar-refractivity contribution in [2.24, 2.45) is 0 Å². The van der Waals surface area contributed by atoms with Crippen molar-refractivity contribution in [3.8, 4) is 0 Å². The van der Waals surface area contributed by atoms with Crippen molar-refractivity contribution in [2.75, 3.05) is 11.9 Å². The molecule has 1 aromatic carbocycles. The summed E-state index contributed by atoms with van der Waals surface area (Å²) in [5.41, 5.74) is 1.74. The molecule has 0 spiro atoms. The van der Waals surface area contributed by atoms with E-state index in [-0.39, 0.29) is 11.5 Å². The molecule has 2 rings (SSSR count). The lowest BCUT2D eigenvalue weighted by atomic mass is 9.97. The number of amides is 2. The standard InChI is InChI=1S/C20H22F3N3O2/c1-3-6-15(16-7-4-5-10-24-16)19(28)26-17-11-14(9-8-13(17)2)18(27)25-12-20(21,22)23/h4-5,7-11,15H,3,6,12H2,1-2H3,(H,25,27)(H,26,28). The number of alkyl halides is 3. The fourth-order valence-corrected chi connectivity index (χ4v) is 2.68. The predicted octanol–water partition coefficient (Wildman–Crippen LogP) is 4.20. The van der Waals surface area contributed by atoms with Crippen LogP contribution in [-0.4, -0.2) is 29.5 Å². The van der Waals surface area contributed by atoms with Crippen molar-refractivity contribution in [1.29, 1.82) is 0 Å². The number of nitrogens with zero attached hydrogens (tertiary/aromatic N) is 1. The van der Waals surface area contributed by atoms with Crippen molar-refractivity contribution >= 4 is 17.5 Å². The molecule has 0 fully saturated rings. The SMILES string of the molecule is CCCC(C(=O)Nc1cc(C(=O)NCC(F)(F)F)ccc1C)c1ccccn1. The molecule has 0 bridgehead atoms. The normalized spacial score (nSPS) is 12.3. The minimum atomic E-state index is -4.49. The van der Waals surface area contributed by atoms with E-state index in [1.165, 1.54) is 12.1 Å². The maximum Gasteiger partial charge on any atom is 0.405 e. The highest BCUT2D eigenvalue weighted by Gasteiger charge is 2.28. The highest BCUT2D eigenvalue weighted by atomic mass is 19.4. The van der Waals surface area contributed by atoms with Crippen LogP contribution in [0, 0.1) is 6.92 Å². The van der Waals surface area contributed by atoms with Gasteiger partial charge in [0.15, 0.2) is 0 Å². The predicted molar refractivity (Wildman–Crippen MR) is 100 cm³/mol. The fourth-order valence-electron chi connectivity index (χ4n) is 2.68. The van der Waals surface area contributed by atoms with Crippen LogP contribution in [0.25, 0.3) is 0 Å². The summed E-state index contributed by atoms with van der Waals surface area (Å²) in [6.07, 6.45) is -1.52. The van der Waals surface area contributed by atoms with Gasteiger partial charge in [0.2, 0.25) is 5.91 Å². The number of hydrogen-bond acceptors (Lipinski definition) is 3. The second-order valence-electron chi connectivity index (χ2n) is 6.41. The Kier molecular flexibility index (Phi) is 7.14. The van der Waals surface area contributed by atoms with Crippen molar-refractivity contribution in [1.82, 2.24) is 10.3 Å². The highest BCUT2D eigenvalue weighted by molar-refractivity contribution is 5.99. The Labute approximate surface area is 161 Å².